The maximum atomic E-state index is 11.6. The third-order valence-electron chi connectivity index (χ3n) is 2.72. The molecule has 1 amide bonds. The Balaban J connectivity index is 2.36. The lowest BCUT2D eigenvalue weighted by atomic mass is 10.2. The van der Waals surface area contributed by atoms with Crippen LogP contribution in [0.4, 0.5) is 0 Å². The van der Waals surface area contributed by atoms with Gasteiger partial charge in [0, 0.05) is 13.1 Å². The summed E-state index contributed by atoms with van der Waals surface area (Å²) in [4.78, 5) is 24.2. The van der Waals surface area contributed by atoms with Crippen LogP contribution < -0.4 is 5.32 Å². The monoisotopic (exact) mass is 244 g/mol. The van der Waals surface area contributed by atoms with E-state index in [0.717, 1.165) is 12.8 Å². The molecule has 17 heavy (non-hydrogen) atoms. The molecule has 0 aromatic rings. The van der Waals surface area contributed by atoms with Crippen molar-refractivity contribution in [3.63, 3.8) is 0 Å². The average molecular weight is 244 g/mol. The second-order valence-corrected chi connectivity index (χ2v) is 4.10. The maximum absolute atomic E-state index is 11.6. The lowest BCUT2D eigenvalue weighted by molar-refractivity contribution is -0.150. The number of hydrogen-bond donors (Lipinski definition) is 2. The summed E-state index contributed by atoms with van der Waals surface area (Å²) in [6, 6.07) is -0.708. The fourth-order valence-corrected chi connectivity index (χ4v) is 1.70. The van der Waals surface area contributed by atoms with Crippen LogP contribution in [0.25, 0.3) is 0 Å². The van der Waals surface area contributed by atoms with E-state index < -0.39 is 12.0 Å². The highest BCUT2D eigenvalue weighted by atomic mass is 16.5. The Morgan fingerprint density at radius 1 is 1.53 bits per heavy atom. The zero-order valence-corrected chi connectivity index (χ0v) is 10.1. The minimum Gasteiger partial charge on any atom is -0.480 e. The van der Waals surface area contributed by atoms with Crippen molar-refractivity contribution in [1.29, 1.82) is 0 Å². The number of carbonyl (C=O) groups is 2. The normalized spacial score (nSPS) is 21.1. The van der Waals surface area contributed by atoms with Crippen LogP contribution >= 0.6 is 0 Å². The largest absolute Gasteiger partial charge is 0.480 e. The van der Waals surface area contributed by atoms with Crippen LogP contribution in [-0.2, 0) is 14.3 Å². The number of unbranched alkanes of at least 4 members (excludes halogenated alkanes) is 1. The first-order valence-corrected chi connectivity index (χ1v) is 5.96. The molecule has 0 bridgehead atoms. The molecule has 1 fully saturated rings. The van der Waals surface area contributed by atoms with Gasteiger partial charge in [-0.15, -0.1) is 0 Å². The number of rotatable bonds is 6. The zero-order chi connectivity index (χ0) is 12.7. The van der Waals surface area contributed by atoms with Gasteiger partial charge < -0.3 is 15.2 Å². The van der Waals surface area contributed by atoms with E-state index >= 15 is 0 Å². The lowest BCUT2D eigenvalue weighted by Crippen LogP contribution is -2.53. The molecule has 1 unspecified atom stereocenters. The van der Waals surface area contributed by atoms with Gasteiger partial charge in [-0.3, -0.25) is 14.5 Å². The summed E-state index contributed by atoms with van der Waals surface area (Å²) in [5.74, 6) is -1.06. The fraction of sp³-hybridized carbons (Fsp3) is 0.818. The predicted molar refractivity (Wildman–Crippen MR) is 61.7 cm³/mol. The van der Waals surface area contributed by atoms with Crippen LogP contribution in [0.5, 0.6) is 0 Å². The zero-order valence-electron chi connectivity index (χ0n) is 10.1. The topological polar surface area (TPSA) is 78.9 Å². The van der Waals surface area contributed by atoms with Crippen molar-refractivity contribution in [2.75, 3.05) is 32.8 Å². The van der Waals surface area contributed by atoms with E-state index in [9.17, 15) is 9.59 Å². The molecule has 0 aromatic carbocycles. The van der Waals surface area contributed by atoms with E-state index in [1.807, 2.05) is 0 Å². The number of carboxylic acids is 1. The third kappa shape index (κ3) is 4.70. The number of amides is 1. The summed E-state index contributed by atoms with van der Waals surface area (Å²) in [7, 11) is 0. The molecular formula is C11H20N2O4. The SMILES string of the molecule is CCCCNC(=O)CN1CCOCC1C(=O)O. The van der Waals surface area contributed by atoms with Gasteiger partial charge in [-0.05, 0) is 6.42 Å². The second-order valence-electron chi connectivity index (χ2n) is 4.10. The molecule has 0 aliphatic carbocycles. The van der Waals surface area contributed by atoms with Crippen molar-refractivity contribution in [2.45, 2.75) is 25.8 Å². The van der Waals surface area contributed by atoms with E-state index in [1.165, 1.54) is 0 Å². The summed E-state index contributed by atoms with van der Waals surface area (Å²) in [5.41, 5.74) is 0. The molecule has 98 valence electrons. The van der Waals surface area contributed by atoms with Gasteiger partial charge >= 0.3 is 5.97 Å². The van der Waals surface area contributed by atoms with Gasteiger partial charge in [0.1, 0.15) is 6.04 Å². The molecule has 1 rings (SSSR count). The lowest BCUT2D eigenvalue weighted by Gasteiger charge is -2.32. The van der Waals surface area contributed by atoms with E-state index in [-0.39, 0.29) is 19.1 Å². The molecule has 1 aliphatic heterocycles. The second kappa shape index (κ2) is 7.24. The Labute approximate surface area is 101 Å². The first-order valence-electron chi connectivity index (χ1n) is 5.96. The standard InChI is InChI=1S/C11H20N2O4/c1-2-3-4-12-10(14)7-13-5-6-17-8-9(13)11(15)16/h9H,2-8H2,1H3,(H,12,14)(H,15,16). The van der Waals surface area contributed by atoms with Crippen LogP contribution in [-0.4, -0.2) is 60.8 Å². The van der Waals surface area contributed by atoms with Crippen molar-refractivity contribution < 1.29 is 19.4 Å². The molecule has 6 heteroatoms. The maximum Gasteiger partial charge on any atom is 0.323 e. The first kappa shape index (κ1) is 13.9. The Morgan fingerprint density at radius 2 is 2.29 bits per heavy atom. The van der Waals surface area contributed by atoms with Crippen LogP contribution in [0.15, 0.2) is 0 Å². The summed E-state index contributed by atoms with van der Waals surface area (Å²) < 4.78 is 5.10. The summed E-state index contributed by atoms with van der Waals surface area (Å²) >= 11 is 0. The Hall–Kier alpha value is -1.14. The number of carboxylic acid groups (broad SMARTS) is 1. The molecule has 1 heterocycles. The van der Waals surface area contributed by atoms with Crippen molar-refractivity contribution in [3.05, 3.63) is 0 Å². The van der Waals surface area contributed by atoms with Gasteiger partial charge in [-0.1, -0.05) is 13.3 Å². The number of hydrogen-bond acceptors (Lipinski definition) is 4. The highest BCUT2D eigenvalue weighted by Gasteiger charge is 2.30. The van der Waals surface area contributed by atoms with Crippen molar-refractivity contribution in [2.24, 2.45) is 0 Å². The summed E-state index contributed by atoms with van der Waals surface area (Å²) in [6.45, 7) is 3.94. The van der Waals surface area contributed by atoms with E-state index in [1.54, 1.807) is 4.90 Å². The summed E-state index contributed by atoms with van der Waals surface area (Å²) in [6.07, 6.45) is 1.97. The van der Waals surface area contributed by atoms with Gasteiger partial charge in [-0.2, -0.15) is 0 Å². The number of nitrogens with zero attached hydrogens (tertiary/aromatic N) is 1. The number of aliphatic carboxylic acids is 1. The summed E-state index contributed by atoms with van der Waals surface area (Å²) in [5, 5.41) is 11.8. The van der Waals surface area contributed by atoms with Crippen molar-refractivity contribution in [1.82, 2.24) is 10.2 Å². The smallest absolute Gasteiger partial charge is 0.323 e. The molecule has 0 radical (unpaired) electrons. The molecule has 2 N–H and O–H groups in total. The predicted octanol–water partition coefficient (Wildman–Crippen LogP) is -0.312. The Bertz CT molecular complexity index is 270. The number of carbonyl (C=O) groups excluding carboxylic acids is 1. The molecular weight excluding hydrogens is 224 g/mol. The quantitative estimate of drug-likeness (QED) is 0.626. The molecule has 6 nitrogen and oxygen atoms in total. The van der Waals surface area contributed by atoms with Gasteiger partial charge in [0.05, 0.1) is 19.8 Å². The highest BCUT2D eigenvalue weighted by molar-refractivity contribution is 5.80. The van der Waals surface area contributed by atoms with Crippen LogP contribution in [0.1, 0.15) is 19.8 Å². The van der Waals surface area contributed by atoms with Crippen LogP contribution in [0.3, 0.4) is 0 Å². The minimum absolute atomic E-state index is 0.119. The number of morpholine rings is 1. The van der Waals surface area contributed by atoms with Crippen LogP contribution in [0, 0.1) is 0 Å². The molecule has 1 atom stereocenters. The van der Waals surface area contributed by atoms with Gasteiger partial charge in [0.2, 0.25) is 5.91 Å². The first-order chi connectivity index (χ1) is 8.15. The van der Waals surface area contributed by atoms with E-state index in [2.05, 4.69) is 12.2 Å². The van der Waals surface area contributed by atoms with Gasteiger partial charge in [0.25, 0.3) is 0 Å². The minimum atomic E-state index is -0.939. The number of ether oxygens (including phenoxy) is 1. The molecule has 0 saturated carbocycles. The Kier molecular flexibility index (Phi) is 5.93. The van der Waals surface area contributed by atoms with Gasteiger partial charge in [0.15, 0.2) is 0 Å². The van der Waals surface area contributed by atoms with E-state index in [0.29, 0.717) is 19.7 Å². The number of nitrogens with one attached hydrogen (secondary N) is 1. The van der Waals surface area contributed by atoms with Crippen molar-refractivity contribution in [3.8, 4) is 0 Å². The molecule has 1 aliphatic rings. The Morgan fingerprint density at radius 3 is 2.94 bits per heavy atom. The molecule has 1 saturated heterocycles. The molecule has 0 aromatic heterocycles. The van der Waals surface area contributed by atoms with Crippen LogP contribution in [0.2, 0.25) is 0 Å². The van der Waals surface area contributed by atoms with E-state index in [4.69, 9.17) is 9.84 Å². The fourth-order valence-electron chi connectivity index (χ4n) is 1.70. The van der Waals surface area contributed by atoms with Crippen molar-refractivity contribution >= 4 is 11.9 Å². The highest BCUT2D eigenvalue weighted by Crippen LogP contribution is 2.06. The van der Waals surface area contributed by atoms with Gasteiger partial charge in [-0.25, -0.2) is 0 Å². The third-order valence-corrected chi connectivity index (χ3v) is 2.72. The molecule has 0 spiro atoms. The average Bonchev–Trinajstić information content (AvgIpc) is 2.29.